The minimum Gasteiger partial charge on any atom is -0.481 e. The van der Waals surface area contributed by atoms with E-state index in [1.807, 2.05) is 12.3 Å². The van der Waals surface area contributed by atoms with Gasteiger partial charge in [-0.15, -0.1) is 0 Å². The van der Waals surface area contributed by atoms with Gasteiger partial charge in [-0.2, -0.15) is 0 Å². The molecule has 0 N–H and O–H groups in total. The molecule has 1 aliphatic rings. The highest BCUT2D eigenvalue weighted by Gasteiger charge is 2.15. The van der Waals surface area contributed by atoms with E-state index in [1.54, 1.807) is 7.11 Å². The van der Waals surface area contributed by atoms with Crippen molar-refractivity contribution in [2.24, 2.45) is 0 Å². The average molecular weight is 235 g/mol. The lowest BCUT2D eigenvalue weighted by molar-refractivity contribution is 0.132. The molecule has 0 aromatic carbocycles. The van der Waals surface area contributed by atoms with Gasteiger partial charge in [0.15, 0.2) is 0 Å². The molecule has 1 saturated heterocycles. The molecule has 0 radical (unpaired) electrons. The molecule has 1 aromatic heterocycles. The summed E-state index contributed by atoms with van der Waals surface area (Å²) in [7, 11) is 1.64. The Morgan fingerprint density at radius 1 is 1.18 bits per heavy atom. The fourth-order valence-corrected chi connectivity index (χ4v) is 2.15. The summed E-state index contributed by atoms with van der Waals surface area (Å²) in [6.07, 6.45) is 1.91. The first-order valence-corrected chi connectivity index (χ1v) is 6.25. The van der Waals surface area contributed by atoms with Gasteiger partial charge in [0.05, 0.1) is 7.11 Å². The second kappa shape index (κ2) is 5.98. The maximum Gasteiger partial charge on any atom is 0.212 e. The van der Waals surface area contributed by atoms with E-state index in [1.165, 1.54) is 18.7 Å². The number of ether oxygens (including phenoxy) is 1. The maximum atomic E-state index is 5.06. The number of aromatic nitrogens is 1. The predicted molar refractivity (Wildman–Crippen MR) is 68.2 cm³/mol. The Hall–Kier alpha value is -1.13. The van der Waals surface area contributed by atoms with Gasteiger partial charge in [-0.1, -0.05) is 13.0 Å². The molecule has 1 fully saturated rings. The lowest BCUT2D eigenvalue weighted by Gasteiger charge is -2.33. The molecule has 0 aliphatic carbocycles. The Kier molecular flexibility index (Phi) is 4.34. The molecule has 94 valence electrons. The van der Waals surface area contributed by atoms with Crippen molar-refractivity contribution in [3.8, 4) is 5.88 Å². The van der Waals surface area contributed by atoms with E-state index >= 15 is 0 Å². The molecule has 0 spiro atoms. The Labute approximate surface area is 103 Å². The molecule has 1 aliphatic heterocycles. The minimum absolute atomic E-state index is 0.685. The normalized spacial score (nSPS) is 18.2. The third kappa shape index (κ3) is 3.41. The first-order chi connectivity index (χ1) is 8.31. The third-order valence-corrected chi connectivity index (χ3v) is 3.33. The first-order valence-electron chi connectivity index (χ1n) is 6.25. The van der Waals surface area contributed by atoms with Crippen molar-refractivity contribution in [1.29, 1.82) is 0 Å². The molecule has 0 unspecified atom stereocenters. The predicted octanol–water partition coefficient (Wildman–Crippen LogP) is 1.23. The summed E-state index contributed by atoms with van der Waals surface area (Å²) >= 11 is 0. The van der Waals surface area contributed by atoms with E-state index in [4.69, 9.17) is 4.74 Å². The molecule has 2 heterocycles. The zero-order chi connectivity index (χ0) is 12.1. The molecule has 0 bridgehead atoms. The highest BCUT2D eigenvalue weighted by Crippen LogP contribution is 2.10. The summed E-state index contributed by atoms with van der Waals surface area (Å²) in [5.41, 5.74) is 1.26. The van der Waals surface area contributed by atoms with E-state index < -0.39 is 0 Å². The van der Waals surface area contributed by atoms with Gasteiger partial charge >= 0.3 is 0 Å². The topological polar surface area (TPSA) is 28.6 Å². The maximum absolute atomic E-state index is 5.06. The molecule has 2 rings (SSSR count). The Balaban J connectivity index is 1.84. The van der Waals surface area contributed by atoms with Crippen LogP contribution in [0.25, 0.3) is 0 Å². The third-order valence-electron chi connectivity index (χ3n) is 3.33. The summed E-state index contributed by atoms with van der Waals surface area (Å²) in [6, 6.07) is 4.02. The second-order valence-electron chi connectivity index (χ2n) is 4.42. The molecular formula is C13H21N3O. The minimum atomic E-state index is 0.685. The molecule has 4 heteroatoms. The van der Waals surface area contributed by atoms with Crippen molar-refractivity contribution in [3.63, 3.8) is 0 Å². The van der Waals surface area contributed by atoms with Crippen molar-refractivity contribution in [3.05, 3.63) is 23.9 Å². The monoisotopic (exact) mass is 235 g/mol. The van der Waals surface area contributed by atoms with Crippen LogP contribution >= 0.6 is 0 Å². The van der Waals surface area contributed by atoms with Crippen molar-refractivity contribution in [2.75, 3.05) is 39.8 Å². The fourth-order valence-electron chi connectivity index (χ4n) is 2.15. The highest BCUT2D eigenvalue weighted by atomic mass is 16.5. The van der Waals surface area contributed by atoms with Gasteiger partial charge in [-0.25, -0.2) is 4.98 Å². The van der Waals surface area contributed by atoms with Crippen LogP contribution in [-0.2, 0) is 6.54 Å². The zero-order valence-electron chi connectivity index (χ0n) is 10.7. The zero-order valence-corrected chi connectivity index (χ0v) is 10.7. The number of hydrogen-bond acceptors (Lipinski definition) is 4. The number of methoxy groups -OCH3 is 1. The quantitative estimate of drug-likeness (QED) is 0.785. The molecule has 0 amide bonds. The number of likely N-dealkylation sites (N-methyl/N-ethyl adjacent to an activating group) is 1. The van der Waals surface area contributed by atoms with Crippen LogP contribution in [0.4, 0.5) is 0 Å². The molecular weight excluding hydrogens is 214 g/mol. The second-order valence-corrected chi connectivity index (χ2v) is 4.42. The van der Waals surface area contributed by atoms with Gasteiger partial charge in [0.2, 0.25) is 5.88 Å². The van der Waals surface area contributed by atoms with Gasteiger partial charge in [-0.3, -0.25) is 4.90 Å². The smallest absolute Gasteiger partial charge is 0.212 e. The molecule has 4 nitrogen and oxygen atoms in total. The van der Waals surface area contributed by atoms with E-state index in [0.29, 0.717) is 5.88 Å². The van der Waals surface area contributed by atoms with Crippen LogP contribution in [0.5, 0.6) is 5.88 Å². The van der Waals surface area contributed by atoms with Gasteiger partial charge in [0.25, 0.3) is 0 Å². The SMILES string of the molecule is CCN1CCN(Cc2ccc(OC)nc2)CC1. The van der Waals surface area contributed by atoms with Crippen LogP contribution in [-0.4, -0.2) is 54.6 Å². The lowest BCUT2D eigenvalue weighted by atomic mass is 10.2. The molecule has 17 heavy (non-hydrogen) atoms. The van der Waals surface area contributed by atoms with Gasteiger partial charge in [0, 0.05) is 45.0 Å². The van der Waals surface area contributed by atoms with Crippen LogP contribution < -0.4 is 4.74 Å². The largest absolute Gasteiger partial charge is 0.481 e. The van der Waals surface area contributed by atoms with Crippen molar-refractivity contribution < 1.29 is 4.74 Å². The highest BCUT2D eigenvalue weighted by molar-refractivity contribution is 5.17. The lowest BCUT2D eigenvalue weighted by Crippen LogP contribution is -2.45. The summed E-state index contributed by atoms with van der Waals surface area (Å²) < 4.78 is 5.06. The number of piperazine rings is 1. The average Bonchev–Trinajstić information content (AvgIpc) is 2.40. The Morgan fingerprint density at radius 2 is 1.88 bits per heavy atom. The van der Waals surface area contributed by atoms with E-state index in [2.05, 4.69) is 27.8 Å². The summed E-state index contributed by atoms with van der Waals surface area (Å²) in [4.78, 5) is 9.21. The Morgan fingerprint density at radius 3 is 2.41 bits per heavy atom. The van der Waals surface area contributed by atoms with E-state index in [-0.39, 0.29) is 0 Å². The fraction of sp³-hybridized carbons (Fsp3) is 0.615. The number of pyridine rings is 1. The molecule has 0 atom stereocenters. The van der Waals surface area contributed by atoms with Crippen molar-refractivity contribution in [2.45, 2.75) is 13.5 Å². The summed E-state index contributed by atoms with van der Waals surface area (Å²) in [5.74, 6) is 0.685. The van der Waals surface area contributed by atoms with Crippen LogP contribution in [0.2, 0.25) is 0 Å². The number of nitrogens with zero attached hydrogens (tertiary/aromatic N) is 3. The molecule has 0 saturated carbocycles. The van der Waals surface area contributed by atoms with Crippen LogP contribution in [0, 0.1) is 0 Å². The van der Waals surface area contributed by atoms with Gasteiger partial charge in [0.1, 0.15) is 0 Å². The van der Waals surface area contributed by atoms with Crippen molar-refractivity contribution in [1.82, 2.24) is 14.8 Å². The van der Waals surface area contributed by atoms with Crippen LogP contribution in [0.3, 0.4) is 0 Å². The van der Waals surface area contributed by atoms with Gasteiger partial charge in [-0.05, 0) is 12.1 Å². The van der Waals surface area contributed by atoms with E-state index in [0.717, 1.165) is 26.2 Å². The summed E-state index contributed by atoms with van der Waals surface area (Å²) in [5, 5.41) is 0. The van der Waals surface area contributed by atoms with Crippen LogP contribution in [0.15, 0.2) is 18.3 Å². The Bertz CT molecular complexity index is 331. The molecule has 1 aromatic rings. The van der Waals surface area contributed by atoms with E-state index in [9.17, 15) is 0 Å². The standard InChI is InChI=1S/C13H21N3O/c1-3-15-6-8-16(9-7-15)11-12-4-5-13(17-2)14-10-12/h4-5,10H,3,6-9,11H2,1-2H3. The number of rotatable bonds is 4. The van der Waals surface area contributed by atoms with Crippen LogP contribution in [0.1, 0.15) is 12.5 Å². The summed E-state index contributed by atoms with van der Waals surface area (Å²) in [6.45, 7) is 9.05. The number of hydrogen-bond donors (Lipinski definition) is 0. The first kappa shape index (κ1) is 12.3. The van der Waals surface area contributed by atoms with Gasteiger partial charge < -0.3 is 9.64 Å². The van der Waals surface area contributed by atoms with Crippen molar-refractivity contribution >= 4 is 0 Å².